The highest BCUT2D eigenvalue weighted by Crippen LogP contribution is 2.28. The summed E-state index contributed by atoms with van der Waals surface area (Å²) in [6.07, 6.45) is 0. The molecule has 0 bridgehead atoms. The number of hydrogen-bond acceptors (Lipinski definition) is 3. The maximum absolute atomic E-state index is 12.7. The number of halogens is 1. The molecule has 1 atom stereocenters. The van der Waals surface area contributed by atoms with Gasteiger partial charge in [-0.15, -0.1) is 0 Å². The number of carbonyl (C=O) groups excluding carboxylic acids is 2. The van der Waals surface area contributed by atoms with E-state index in [1.165, 1.54) is 6.92 Å². The van der Waals surface area contributed by atoms with Crippen LogP contribution in [0.1, 0.15) is 35.8 Å². The van der Waals surface area contributed by atoms with Crippen LogP contribution in [-0.4, -0.2) is 47.8 Å². The molecule has 1 fully saturated rings. The Bertz CT molecular complexity index is 814. The molecule has 1 aliphatic rings. The van der Waals surface area contributed by atoms with E-state index in [0.29, 0.717) is 24.3 Å². The van der Waals surface area contributed by atoms with E-state index < -0.39 is 0 Å². The third-order valence-electron chi connectivity index (χ3n) is 4.96. The fourth-order valence-corrected chi connectivity index (χ4v) is 3.70. The van der Waals surface area contributed by atoms with Gasteiger partial charge in [-0.3, -0.25) is 14.5 Å². The monoisotopic (exact) mass is 385 g/mol. The van der Waals surface area contributed by atoms with Crippen LogP contribution in [0, 0.1) is 0 Å². The number of nitrogens with one attached hydrogen (secondary N) is 1. The van der Waals surface area contributed by atoms with Gasteiger partial charge in [0.25, 0.3) is 5.91 Å². The average Bonchev–Trinajstić information content (AvgIpc) is 2.67. The molecular weight excluding hydrogens is 362 g/mol. The molecule has 2 aromatic rings. The van der Waals surface area contributed by atoms with Crippen LogP contribution in [0.15, 0.2) is 48.5 Å². The van der Waals surface area contributed by atoms with Crippen molar-refractivity contribution >= 4 is 29.1 Å². The van der Waals surface area contributed by atoms with Gasteiger partial charge in [0.1, 0.15) is 0 Å². The molecule has 27 heavy (non-hydrogen) atoms. The molecule has 5 nitrogen and oxygen atoms in total. The van der Waals surface area contributed by atoms with Crippen LogP contribution >= 0.6 is 11.6 Å². The maximum Gasteiger partial charge on any atom is 0.253 e. The molecule has 2 aromatic carbocycles. The normalized spacial score (nSPS) is 16.0. The Balaban J connectivity index is 1.59. The average molecular weight is 386 g/mol. The fourth-order valence-electron chi connectivity index (χ4n) is 3.40. The number of anilines is 1. The number of piperazine rings is 1. The van der Waals surface area contributed by atoms with Gasteiger partial charge in [0.15, 0.2) is 0 Å². The van der Waals surface area contributed by atoms with E-state index in [9.17, 15) is 9.59 Å². The SMILES string of the molecule is CC(=O)Nc1ccc(C(=O)N2CCN(C(C)c3ccccc3Cl)CC2)cc1. The van der Waals surface area contributed by atoms with Crippen molar-refractivity contribution in [1.82, 2.24) is 9.80 Å². The number of nitrogens with zero attached hydrogens (tertiary/aromatic N) is 2. The maximum atomic E-state index is 12.7. The second-order valence-electron chi connectivity index (χ2n) is 6.78. The number of amides is 2. The zero-order valence-electron chi connectivity index (χ0n) is 15.6. The Labute approximate surface area is 164 Å². The lowest BCUT2D eigenvalue weighted by Crippen LogP contribution is -2.49. The Morgan fingerprint density at radius 1 is 1.00 bits per heavy atom. The van der Waals surface area contributed by atoms with Gasteiger partial charge in [0, 0.05) is 55.4 Å². The predicted molar refractivity (Wildman–Crippen MR) is 108 cm³/mol. The number of rotatable bonds is 4. The molecule has 0 saturated carbocycles. The lowest BCUT2D eigenvalue weighted by molar-refractivity contribution is -0.114. The smallest absolute Gasteiger partial charge is 0.253 e. The van der Waals surface area contributed by atoms with Crippen LogP contribution in [-0.2, 0) is 4.79 Å². The molecule has 1 unspecified atom stereocenters. The quantitative estimate of drug-likeness (QED) is 0.870. The van der Waals surface area contributed by atoms with E-state index in [1.54, 1.807) is 24.3 Å². The van der Waals surface area contributed by atoms with E-state index in [2.05, 4.69) is 23.2 Å². The van der Waals surface area contributed by atoms with E-state index in [1.807, 2.05) is 23.1 Å². The first kappa shape index (κ1) is 19.4. The molecule has 6 heteroatoms. The van der Waals surface area contributed by atoms with Crippen LogP contribution in [0.4, 0.5) is 5.69 Å². The van der Waals surface area contributed by atoms with E-state index in [4.69, 9.17) is 11.6 Å². The van der Waals surface area contributed by atoms with Crippen molar-refractivity contribution in [3.8, 4) is 0 Å². The summed E-state index contributed by atoms with van der Waals surface area (Å²) in [4.78, 5) is 28.1. The molecule has 2 amide bonds. The zero-order chi connectivity index (χ0) is 19.4. The van der Waals surface area contributed by atoms with Crippen LogP contribution in [0.3, 0.4) is 0 Å². The summed E-state index contributed by atoms with van der Waals surface area (Å²) in [6.45, 7) is 6.59. The summed E-state index contributed by atoms with van der Waals surface area (Å²) in [5, 5.41) is 3.49. The second-order valence-corrected chi connectivity index (χ2v) is 7.19. The molecule has 0 aromatic heterocycles. The minimum absolute atomic E-state index is 0.0226. The number of benzene rings is 2. The standard InChI is InChI=1S/C21H24ClN3O2/c1-15(19-5-3-4-6-20(19)22)24-11-13-25(14-12-24)21(27)17-7-9-18(10-8-17)23-16(2)26/h3-10,15H,11-14H2,1-2H3,(H,23,26). The lowest BCUT2D eigenvalue weighted by atomic mass is 10.1. The van der Waals surface area contributed by atoms with E-state index >= 15 is 0 Å². The summed E-state index contributed by atoms with van der Waals surface area (Å²) in [6, 6.07) is 15.1. The fraction of sp³-hybridized carbons (Fsp3) is 0.333. The van der Waals surface area contributed by atoms with Crippen molar-refractivity contribution in [2.24, 2.45) is 0 Å². The first-order valence-corrected chi connectivity index (χ1v) is 9.49. The Hall–Kier alpha value is -2.37. The highest BCUT2D eigenvalue weighted by molar-refractivity contribution is 6.31. The van der Waals surface area contributed by atoms with Crippen LogP contribution < -0.4 is 5.32 Å². The van der Waals surface area contributed by atoms with Crippen molar-refractivity contribution in [3.05, 3.63) is 64.7 Å². The third kappa shape index (κ3) is 4.67. The molecule has 1 N–H and O–H groups in total. The van der Waals surface area contributed by atoms with Crippen molar-refractivity contribution in [2.45, 2.75) is 19.9 Å². The first-order valence-electron chi connectivity index (χ1n) is 9.11. The highest BCUT2D eigenvalue weighted by Gasteiger charge is 2.26. The molecule has 1 aliphatic heterocycles. The van der Waals surface area contributed by atoms with Crippen molar-refractivity contribution in [2.75, 3.05) is 31.5 Å². The van der Waals surface area contributed by atoms with Gasteiger partial charge in [-0.2, -0.15) is 0 Å². The Morgan fingerprint density at radius 3 is 2.22 bits per heavy atom. The summed E-state index contributed by atoms with van der Waals surface area (Å²) < 4.78 is 0. The minimum atomic E-state index is -0.127. The topological polar surface area (TPSA) is 52.7 Å². The molecule has 142 valence electrons. The Kier molecular flexibility index (Phi) is 6.14. The van der Waals surface area contributed by atoms with Gasteiger partial charge in [-0.25, -0.2) is 0 Å². The van der Waals surface area contributed by atoms with E-state index in [0.717, 1.165) is 23.7 Å². The number of hydrogen-bond donors (Lipinski definition) is 1. The summed E-state index contributed by atoms with van der Waals surface area (Å²) in [5.74, 6) is -0.104. The van der Waals surface area contributed by atoms with Crippen LogP contribution in [0.2, 0.25) is 5.02 Å². The van der Waals surface area contributed by atoms with Crippen molar-refractivity contribution < 1.29 is 9.59 Å². The van der Waals surface area contributed by atoms with Gasteiger partial charge in [0.2, 0.25) is 5.91 Å². The predicted octanol–water partition coefficient (Wildman–Crippen LogP) is 3.82. The summed E-state index contributed by atoms with van der Waals surface area (Å²) in [7, 11) is 0. The molecule has 1 heterocycles. The van der Waals surface area contributed by atoms with Gasteiger partial charge in [-0.05, 0) is 42.8 Å². The van der Waals surface area contributed by atoms with E-state index in [-0.39, 0.29) is 17.9 Å². The highest BCUT2D eigenvalue weighted by atomic mass is 35.5. The number of carbonyl (C=O) groups is 2. The molecule has 0 aliphatic carbocycles. The third-order valence-corrected chi connectivity index (χ3v) is 5.30. The molecular formula is C21H24ClN3O2. The molecule has 1 saturated heterocycles. The minimum Gasteiger partial charge on any atom is -0.336 e. The lowest BCUT2D eigenvalue weighted by Gasteiger charge is -2.38. The van der Waals surface area contributed by atoms with Crippen LogP contribution in [0.25, 0.3) is 0 Å². The first-order chi connectivity index (χ1) is 13.0. The summed E-state index contributed by atoms with van der Waals surface area (Å²) >= 11 is 6.32. The molecule has 0 radical (unpaired) electrons. The second kappa shape index (κ2) is 8.55. The Morgan fingerprint density at radius 2 is 1.63 bits per heavy atom. The summed E-state index contributed by atoms with van der Waals surface area (Å²) in [5.41, 5.74) is 2.45. The van der Waals surface area contributed by atoms with Crippen LogP contribution in [0.5, 0.6) is 0 Å². The largest absolute Gasteiger partial charge is 0.336 e. The van der Waals surface area contributed by atoms with Gasteiger partial charge < -0.3 is 10.2 Å². The van der Waals surface area contributed by atoms with Gasteiger partial charge in [0.05, 0.1) is 0 Å². The van der Waals surface area contributed by atoms with Gasteiger partial charge in [-0.1, -0.05) is 29.8 Å². The van der Waals surface area contributed by atoms with Crippen molar-refractivity contribution in [1.29, 1.82) is 0 Å². The molecule has 3 rings (SSSR count). The zero-order valence-corrected chi connectivity index (χ0v) is 16.4. The van der Waals surface area contributed by atoms with Gasteiger partial charge >= 0.3 is 0 Å². The van der Waals surface area contributed by atoms with Crippen molar-refractivity contribution in [3.63, 3.8) is 0 Å². The molecule has 0 spiro atoms.